The van der Waals surface area contributed by atoms with Crippen LogP contribution in [0, 0.1) is 22.7 Å². The van der Waals surface area contributed by atoms with E-state index in [1.807, 2.05) is 4.90 Å². The van der Waals surface area contributed by atoms with Crippen molar-refractivity contribution in [2.45, 2.75) is 25.3 Å². The molecular formula is C25H26ClN11O. The number of hydrogen-bond donors (Lipinski definition) is 2. The number of anilines is 4. The minimum Gasteiger partial charge on any atom is -0.367 e. The Morgan fingerprint density at radius 3 is 2.55 bits per heavy atom. The third kappa shape index (κ3) is 4.76. The molecule has 1 amide bonds. The summed E-state index contributed by atoms with van der Waals surface area (Å²) in [4.78, 5) is 27.7. The number of nitrogens with one attached hydrogen (secondary N) is 2. The van der Waals surface area contributed by atoms with Gasteiger partial charge in [-0.3, -0.25) is 9.69 Å². The molecule has 13 heteroatoms. The van der Waals surface area contributed by atoms with Gasteiger partial charge in [-0.15, -0.1) is 5.10 Å². The number of amides is 1. The first-order valence-corrected chi connectivity index (χ1v) is 13.1. The van der Waals surface area contributed by atoms with Gasteiger partial charge in [-0.2, -0.15) is 20.0 Å². The van der Waals surface area contributed by atoms with Gasteiger partial charge in [0.1, 0.15) is 6.07 Å². The molecule has 194 valence electrons. The lowest BCUT2D eigenvalue weighted by Gasteiger charge is -2.38. The highest BCUT2D eigenvalue weighted by atomic mass is 35.5. The Morgan fingerprint density at radius 2 is 1.89 bits per heavy atom. The first-order valence-electron chi connectivity index (χ1n) is 12.7. The van der Waals surface area contributed by atoms with Crippen molar-refractivity contribution in [2.24, 2.45) is 0 Å². The summed E-state index contributed by atoms with van der Waals surface area (Å²) in [6, 6.07) is 8.03. The van der Waals surface area contributed by atoms with Crippen molar-refractivity contribution in [1.82, 2.24) is 29.4 Å². The number of likely N-dealkylation sites (tertiary alicyclic amines) is 1. The summed E-state index contributed by atoms with van der Waals surface area (Å²) < 4.78 is 1.44. The molecule has 0 spiro atoms. The lowest BCUT2D eigenvalue weighted by atomic mass is 10.1. The fourth-order valence-corrected chi connectivity index (χ4v) is 4.95. The Balaban J connectivity index is 1.25. The fraction of sp³-hybridized carbons (Fsp3) is 0.440. The Kier molecular flexibility index (Phi) is 6.35. The smallest absolute Gasteiger partial charge is 0.247 e. The molecule has 4 heterocycles. The Labute approximate surface area is 224 Å². The van der Waals surface area contributed by atoms with Crippen LogP contribution in [0.5, 0.6) is 0 Å². The summed E-state index contributed by atoms with van der Waals surface area (Å²) >= 11 is 6.86. The van der Waals surface area contributed by atoms with E-state index >= 15 is 0 Å². The van der Waals surface area contributed by atoms with E-state index < -0.39 is 0 Å². The second-order valence-electron chi connectivity index (χ2n) is 9.78. The lowest BCUT2D eigenvalue weighted by molar-refractivity contribution is -0.133. The molecule has 12 nitrogen and oxygen atoms in total. The maximum Gasteiger partial charge on any atom is 0.247 e. The van der Waals surface area contributed by atoms with E-state index in [9.17, 15) is 15.3 Å². The monoisotopic (exact) mass is 531 g/mol. The highest BCUT2D eigenvalue weighted by Crippen LogP contribution is 2.36. The summed E-state index contributed by atoms with van der Waals surface area (Å²) in [6.07, 6.45) is 4.70. The second-order valence-corrected chi connectivity index (χ2v) is 10.2. The average molecular weight is 532 g/mol. The van der Waals surface area contributed by atoms with E-state index in [4.69, 9.17) is 11.6 Å². The molecule has 3 fully saturated rings. The van der Waals surface area contributed by atoms with Gasteiger partial charge in [-0.05, 0) is 44.5 Å². The highest BCUT2D eigenvalue weighted by molar-refractivity contribution is 6.36. The number of benzene rings is 1. The van der Waals surface area contributed by atoms with E-state index in [1.165, 1.54) is 10.7 Å². The predicted molar refractivity (Wildman–Crippen MR) is 141 cm³/mol. The maximum absolute atomic E-state index is 12.6. The van der Waals surface area contributed by atoms with Crippen LogP contribution < -0.4 is 15.5 Å². The molecule has 0 bridgehead atoms. The number of carbonyl (C=O) groups excluding carboxylic acids is 1. The topological polar surface area (TPSA) is 142 Å². The zero-order valence-electron chi connectivity index (χ0n) is 20.7. The molecule has 2 aliphatic heterocycles. The average Bonchev–Trinajstić information content (AvgIpc) is 3.63. The van der Waals surface area contributed by atoms with Gasteiger partial charge in [-0.25, -0.2) is 4.98 Å². The van der Waals surface area contributed by atoms with E-state index in [-0.39, 0.29) is 17.5 Å². The minimum absolute atomic E-state index is 0.156. The van der Waals surface area contributed by atoms with E-state index in [0.29, 0.717) is 72.2 Å². The molecular weight excluding hydrogens is 506 g/mol. The minimum atomic E-state index is 0.156. The van der Waals surface area contributed by atoms with Crippen molar-refractivity contribution in [1.29, 1.82) is 10.5 Å². The first-order chi connectivity index (χ1) is 18.5. The van der Waals surface area contributed by atoms with Gasteiger partial charge in [-0.1, -0.05) is 11.6 Å². The molecule has 1 aliphatic carbocycles. The number of carbonyl (C=O) groups is 1. The van der Waals surface area contributed by atoms with Crippen molar-refractivity contribution < 1.29 is 4.79 Å². The van der Waals surface area contributed by atoms with Gasteiger partial charge in [0.05, 0.1) is 40.8 Å². The summed E-state index contributed by atoms with van der Waals surface area (Å²) in [5.41, 5.74) is 2.37. The van der Waals surface area contributed by atoms with Gasteiger partial charge >= 0.3 is 0 Å². The summed E-state index contributed by atoms with van der Waals surface area (Å²) in [5.74, 6) is 0.903. The largest absolute Gasteiger partial charge is 0.367 e. The molecule has 0 unspecified atom stereocenters. The van der Waals surface area contributed by atoms with Crippen LogP contribution in [0.4, 0.5) is 23.1 Å². The zero-order valence-corrected chi connectivity index (χ0v) is 21.4. The number of aromatic nitrogens is 4. The third-order valence-electron chi connectivity index (χ3n) is 7.10. The van der Waals surface area contributed by atoms with Gasteiger partial charge < -0.3 is 20.4 Å². The van der Waals surface area contributed by atoms with Crippen molar-refractivity contribution in [3.8, 4) is 12.1 Å². The number of imidazole rings is 1. The zero-order chi connectivity index (χ0) is 26.2. The van der Waals surface area contributed by atoms with Crippen LogP contribution >= 0.6 is 11.6 Å². The van der Waals surface area contributed by atoms with Crippen molar-refractivity contribution in [3.63, 3.8) is 0 Å². The van der Waals surface area contributed by atoms with Crippen LogP contribution in [-0.2, 0) is 4.79 Å². The van der Waals surface area contributed by atoms with E-state index in [1.54, 1.807) is 12.1 Å². The normalized spacial score (nSPS) is 17.6. The molecule has 1 saturated carbocycles. The SMILES string of the molecule is N#Cc1cc(Nc2nc(NC3CC3)c3ncc(C#N)n3n2)c(Cl)c(N2CCN(C(=O)CN3CCC3)CC2)c1. The van der Waals surface area contributed by atoms with E-state index in [0.717, 1.165) is 32.4 Å². The lowest BCUT2D eigenvalue weighted by Crippen LogP contribution is -2.52. The second kappa shape index (κ2) is 9.97. The Morgan fingerprint density at radius 1 is 1.11 bits per heavy atom. The molecule has 3 aliphatic rings. The molecule has 2 aromatic heterocycles. The summed E-state index contributed by atoms with van der Waals surface area (Å²) in [7, 11) is 0. The molecule has 1 aromatic carbocycles. The van der Waals surface area contributed by atoms with E-state index in [2.05, 4.69) is 47.6 Å². The van der Waals surface area contributed by atoms with Gasteiger partial charge in [0, 0.05) is 32.2 Å². The van der Waals surface area contributed by atoms with Crippen molar-refractivity contribution >= 4 is 46.3 Å². The van der Waals surface area contributed by atoms with Crippen LogP contribution in [0.15, 0.2) is 18.3 Å². The maximum atomic E-state index is 12.6. The first kappa shape index (κ1) is 24.2. The van der Waals surface area contributed by atoms with Crippen LogP contribution in [0.3, 0.4) is 0 Å². The molecule has 3 aromatic rings. The number of halogens is 1. The molecule has 0 radical (unpaired) electrons. The number of hydrogen-bond acceptors (Lipinski definition) is 10. The number of nitriles is 2. The van der Waals surface area contributed by atoms with Gasteiger partial charge in [0.25, 0.3) is 0 Å². The van der Waals surface area contributed by atoms with Crippen LogP contribution in [0.2, 0.25) is 5.02 Å². The summed E-state index contributed by atoms with van der Waals surface area (Å²) in [6.45, 7) is 4.87. The fourth-order valence-electron chi connectivity index (χ4n) is 4.67. The predicted octanol–water partition coefficient (Wildman–Crippen LogP) is 2.19. The van der Waals surface area contributed by atoms with Gasteiger partial charge in [0.15, 0.2) is 17.2 Å². The van der Waals surface area contributed by atoms with Gasteiger partial charge in [0.2, 0.25) is 11.9 Å². The number of rotatable bonds is 7. The van der Waals surface area contributed by atoms with Crippen molar-refractivity contribution in [3.05, 3.63) is 34.6 Å². The van der Waals surface area contributed by atoms with Crippen LogP contribution in [0.1, 0.15) is 30.5 Å². The van der Waals surface area contributed by atoms with Crippen molar-refractivity contribution in [2.75, 3.05) is 61.3 Å². The highest BCUT2D eigenvalue weighted by Gasteiger charge is 2.27. The molecule has 2 N–H and O–H groups in total. The van der Waals surface area contributed by atoms with Crippen LogP contribution in [0.25, 0.3) is 5.65 Å². The number of nitrogens with zero attached hydrogens (tertiary/aromatic N) is 9. The molecule has 6 rings (SSSR count). The Bertz CT molecular complexity index is 1470. The summed E-state index contributed by atoms with van der Waals surface area (Å²) in [5, 5.41) is 30.6. The van der Waals surface area contributed by atoms with Crippen LogP contribution in [-0.4, -0.2) is 87.1 Å². The molecule has 2 saturated heterocycles. The number of piperazine rings is 1. The molecule has 0 atom stereocenters. The number of fused-ring (bicyclic) bond motifs is 1. The standard InChI is InChI=1S/C25H26ClN11O/c26-22-19(31-25-32-23(30-17-2-3-17)24-29-14-18(13-28)37(24)33-25)10-16(12-27)11-20(22)35-6-8-36(9-7-35)21(38)15-34-4-1-5-34/h10-11,14,17H,1-9,15H2,(H2,30,31,32,33). The quantitative estimate of drug-likeness (QED) is 0.466. The third-order valence-corrected chi connectivity index (χ3v) is 7.50. The molecule has 38 heavy (non-hydrogen) atoms. The Hall–Kier alpha value is -4.13.